The number of carbonyl (C=O) groups excluding carboxylic acids is 1. The Bertz CT molecular complexity index is 916. The van der Waals surface area contributed by atoms with E-state index in [1.165, 1.54) is 19.1 Å². The van der Waals surface area contributed by atoms with E-state index in [1.807, 2.05) is 31.2 Å². The van der Waals surface area contributed by atoms with Crippen molar-refractivity contribution < 1.29 is 13.2 Å². The molecule has 2 rings (SSSR count). The second-order valence-electron chi connectivity index (χ2n) is 6.04. The molecule has 0 aliphatic rings. The van der Waals surface area contributed by atoms with Crippen LogP contribution < -0.4 is 9.62 Å². The van der Waals surface area contributed by atoms with Gasteiger partial charge in [-0.15, -0.1) is 0 Å². The molecule has 0 aromatic heterocycles. The third-order valence-corrected chi connectivity index (χ3v) is 5.57. The molecule has 1 N–H and O–H groups in total. The van der Waals surface area contributed by atoms with E-state index in [1.54, 1.807) is 6.07 Å². The lowest BCUT2D eigenvalue weighted by Crippen LogP contribution is -2.47. The molecule has 0 unspecified atom stereocenters. The van der Waals surface area contributed by atoms with Crippen LogP contribution in [0.4, 0.5) is 5.69 Å². The first-order valence-electron chi connectivity index (χ1n) is 7.87. The maximum atomic E-state index is 12.6. The van der Waals surface area contributed by atoms with Crippen molar-refractivity contribution in [2.24, 2.45) is 0 Å². The van der Waals surface area contributed by atoms with Crippen molar-refractivity contribution in [2.75, 3.05) is 10.6 Å². The molecule has 2 aromatic carbocycles. The van der Waals surface area contributed by atoms with Crippen molar-refractivity contribution in [3.05, 3.63) is 63.6 Å². The maximum Gasteiger partial charge on any atom is 0.243 e. The number of carbonyl (C=O) groups is 1. The van der Waals surface area contributed by atoms with Crippen molar-refractivity contribution in [2.45, 2.75) is 26.4 Å². The zero-order valence-corrected chi connectivity index (χ0v) is 17.0. The molecule has 140 valence electrons. The minimum absolute atomic E-state index is 0.167. The van der Waals surface area contributed by atoms with Crippen molar-refractivity contribution in [3.63, 3.8) is 0 Å². The van der Waals surface area contributed by atoms with Gasteiger partial charge in [-0.2, -0.15) is 0 Å². The van der Waals surface area contributed by atoms with Gasteiger partial charge in [0.25, 0.3) is 0 Å². The molecule has 0 aliphatic heterocycles. The molecule has 5 nitrogen and oxygen atoms in total. The van der Waals surface area contributed by atoms with Crippen LogP contribution in [0.3, 0.4) is 0 Å². The highest BCUT2D eigenvalue weighted by molar-refractivity contribution is 7.92. The number of halogens is 2. The molecular formula is C18H20Cl2N2O3S. The molecule has 0 fully saturated rings. The minimum atomic E-state index is -3.76. The summed E-state index contributed by atoms with van der Waals surface area (Å²) in [4.78, 5) is 12.6. The Labute approximate surface area is 164 Å². The van der Waals surface area contributed by atoms with Gasteiger partial charge in [-0.3, -0.25) is 9.10 Å². The number of benzene rings is 2. The Morgan fingerprint density at radius 3 is 2.50 bits per heavy atom. The number of aryl methyl sites for hydroxylation is 1. The molecule has 8 heteroatoms. The Morgan fingerprint density at radius 2 is 1.88 bits per heavy atom. The van der Waals surface area contributed by atoms with Crippen molar-refractivity contribution in [1.82, 2.24) is 5.32 Å². The smallest absolute Gasteiger partial charge is 0.243 e. The summed E-state index contributed by atoms with van der Waals surface area (Å²) in [6, 6.07) is 11.2. The van der Waals surface area contributed by atoms with Crippen LogP contribution in [0.15, 0.2) is 42.5 Å². The summed E-state index contributed by atoms with van der Waals surface area (Å²) < 4.78 is 25.6. The zero-order valence-electron chi connectivity index (χ0n) is 14.7. The molecule has 0 bridgehead atoms. The standard InChI is InChI=1S/C18H20Cl2N2O3S/c1-12-5-4-6-14(9-12)11-21-18(23)13(2)22(26(3,24)25)17-10-15(19)7-8-16(17)20/h4-10,13H,11H2,1-3H3,(H,21,23)/t13-/m1/s1. The van der Waals surface area contributed by atoms with Gasteiger partial charge in [-0.1, -0.05) is 53.0 Å². The van der Waals surface area contributed by atoms with E-state index in [2.05, 4.69) is 5.32 Å². The van der Waals surface area contributed by atoms with Gasteiger partial charge in [-0.25, -0.2) is 8.42 Å². The van der Waals surface area contributed by atoms with E-state index in [0.717, 1.165) is 21.7 Å². The van der Waals surface area contributed by atoms with Gasteiger partial charge >= 0.3 is 0 Å². The molecule has 2 aromatic rings. The number of nitrogens with one attached hydrogen (secondary N) is 1. The number of rotatable bonds is 6. The zero-order chi connectivity index (χ0) is 19.5. The minimum Gasteiger partial charge on any atom is -0.350 e. The molecule has 0 heterocycles. The van der Waals surface area contributed by atoms with Crippen LogP contribution in [0.5, 0.6) is 0 Å². The largest absolute Gasteiger partial charge is 0.350 e. The summed E-state index contributed by atoms with van der Waals surface area (Å²) in [5.41, 5.74) is 2.17. The number of hydrogen-bond donors (Lipinski definition) is 1. The molecule has 0 saturated carbocycles. The number of amides is 1. The summed E-state index contributed by atoms with van der Waals surface area (Å²) in [5.74, 6) is -0.437. The normalized spacial score (nSPS) is 12.5. The summed E-state index contributed by atoms with van der Waals surface area (Å²) in [7, 11) is -3.76. The molecule has 0 aliphatic carbocycles. The fourth-order valence-electron chi connectivity index (χ4n) is 2.59. The van der Waals surface area contributed by atoms with Gasteiger partial charge in [0.05, 0.1) is 17.0 Å². The number of sulfonamides is 1. The highest BCUT2D eigenvalue weighted by Crippen LogP contribution is 2.32. The molecule has 0 radical (unpaired) electrons. The van der Waals surface area contributed by atoms with E-state index in [0.29, 0.717) is 11.6 Å². The van der Waals surface area contributed by atoms with E-state index in [-0.39, 0.29) is 10.7 Å². The van der Waals surface area contributed by atoms with Crippen LogP contribution in [0.1, 0.15) is 18.1 Å². The molecule has 26 heavy (non-hydrogen) atoms. The molecule has 0 saturated heterocycles. The predicted octanol–water partition coefficient (Wildman–Crippen LogP) is 3.77. The van der Waals surface area contributed by atoms with Crippen molar-refractivity contribution in [3.8, 4) is 0 Å². The Morgan fingerprint density at radius 1 is 1.19 bits per heavy atom. The average Bonchev–Trinajstić information content (AvgIpc) is 2.54. The molecule has 1 atom stereocenters. The fourth-order valence-corrected chi connectivity index (χ4v) is 4.20. The maximum absolute atomic E-state index is 12.6. The van der Waals surface area contributed by atoms with E-state index < -0.39 is 22.0 Å². The highest BCUT2D eigenvalue weighted by Gasteiger charge is 2.30. The number of hydrogen-bond acceptors (Lipinski definition) is 3. The SMILES string of the molecule is Cc1cccc(CNC(=O)[C@@H](C)N(c2cc(Cl)ccc2Cl)S(C)(=O)=O)c1. The second kappa shape index (κ2) is 8.29. The van der Waals surface area contributed by atoms with Crippen molar-refractivity contribution in [1.29, 1.82) is 0 Å². The Balaban J connectivity index is 2.25. The second-order valence-corrected chi connectivity index (χ2v) is 8.74. The fraction of sp³-hybridized carbons (Fsp3) is 0.278. The third kappa shape index (κ3) is 5.13. The summed E-state index contributed by atoms with van der Waals surface area (Å²) in [5, 5.41) is 3.28. The lowest BCUT2D eigenvalue weighted by atomic mass is 10.1. The van der Waals surface area contributed by atoms with Crippen LogP contribution in [0.2, 0.25) is 10.0 Å². The third-order valence-electron chi connectivity index (χ3n) is 3.78. The molecular weight excluding hydrogens is 395 g/mol. The lowest BCUT2D eigenvalue weighted by molar-refractivity contribution is -0.122. The molecule has 0 spiro atoms. The average molecular weight is 415 g/mol. The van der Waals surface area contributed by atoms with Gasteiger partial charge in [0, 0.05) is 11.6 Å². The van der Waals surface area contributed by atoms with Crippen LogP contribution in [-0.4, -0.2) is 26.6 Å². The monoisotopic (exact) mass is 414 g/mol. The first-order chi connectivity index (χ1) is 12.1. The Hall–Kier alpha value is -1.76. The van der Waals surface area contributed by atoms with Gasteiger partial charge < -0.3 is 5.32 Å². The first kappa shape index (κ1) is 20.6. The lowest BCUT2D eigenvalue weighted by Gasteiger charge is -2.29. The summed E-state index contributed by atoms with van der Waals surface area (Å²) >= 11 is 12.1. The summed E-state index contributed by atoms with van der Waals surface area (Å²) in [6.45, 7) is 3.76. The van der Waals surface area contributed by atoms with Crippen LogP contribution in [0.25, 0.3) is 0 Å². The van der Waals surface area contributed by atoms with Gasteiger partial charge in [-0.05, 0) is 37.6 Å². The van der Waals surface area contributed by atoms with E-state index in [4.69, 9.17) is 23.2 Å². The highest BCUT2D eigenvalue weighted by atomic mass is 35.5. The van der Waals surface area contributed by atoms with Crippen LogP contribution in [-0.2, 0) is 21.4 Å². The van der Waals surface area contributed by atoms with Gasteiger partial charge in [0.1, 0.15) is 6.04 Å². The quantitative estimate of drug-likeness (QED) is 0.781. The Kier molecular flexibility index (Phi) is 6.55. The summed E-state index contributed by atoms with van der Waals surface area (Å²) in [6.07, 6.45) is 1.02. The topological polar surface area (TPSA) is 66.5 Å². The number of anilines is 1. The first-order valence-corrected chi connectivity index (χ1v) is 10.5. The van der Waals surface area contributed by atoms with Gasteiger partial charge in [0.15, 0.2) is 0 Å². The molecule has 1 amide bonds. The van der Waals surface area contributed by atoms with Crippen LogP contribution in [0, 0.1) is 6.92 Å². The van der Waals surface area contributed by atoms with E-state index >= 15 is 0 Å². The van der Waals surface area contributed by atoms with Crippen LogP contribution >= 0.6 is 23.2 Å². The van der Waals surface area contributed by atoms with Gasteiger partial charge in [0.2, 0.25) is 15.9 Å². The van der Waals surface area contributed by atoms with E-state index in [9.17, 15) is 13.2 Å². The predicted molar refractivity (Wildman–Crippen MR) is 106 cm³/mol. The van der Waals surface area contributed by atoms with Crippen molar-refractivity contribution >= 4 is 44.8 Å². The number of nitrogens with zero attached hydrogens (tertiary/aromatic N) is 1.